The molecule has 0 aliphatic rings. The van der Waals surface area contributed by atoms with Gasteiger partial charge in [0.2, 0.25) is 0 Å². The number of phenolic OH excluding ortho intramolecular Hbond substituents is 1. The number of nitrogens with two attached hydrogens (primary N) is 1. The second-order valence-corrected chi connectivity index (χ2v) is 5.90. The maximum absolute atomic E-state index is 13.4. The molecule has 1 rings (SSSR count). The van der Waals surface area contributed by atoms with Gasteiger partial charge in [-0.25, -0.2) is 4.39 Å². The van der Waals surface area contributed by atoms with E-state index in [-0.39, 0.29) is 29.3 Å². The zero-order chi connectivity index (χ0) is 14.6. The van der Waals surface area contributed by atoms with Gasteiger partial charge in [0.15, 0.2) is 0 Å². The van der Waals surface area contributed by atoms with Gasteiger partial charge in [-0.2, -0.15) is 0 Å². The Hall–Kier alpha value is -1.62. The van der Waals surface area contributed by atoms with Crippen LogP contribution in [0.5, 0.6) is 5.75 Å². The normalized spacial score (nSPS) is 13.1. The van der Waals surface area contributed by atoms with Crippen LogP contribution in [-0.2, 0) is 0 Å². The van der Waals surface area contributed by atoms with Gasteiger partial charge in [-0.15, -0.1) is 0 Å². The van der Waals surface area contributed by atoms with Crippen LogP contribution in [0.15, 0.2) is 18.2 Å². The Morgan fingerprint density at radius 1 is 1.47 bits per heavy atom. The van der Waals surface area contributed by atoms with E-state index in [0.29, 0.717) is 0 Å². The molecule has 1 amide bonds. The van der Waals surface area contributed by atoms with Crippen molar-refractivity contribution >= 4 is 5.91 Å². The number of hydrogen-bond donors (Lipinski definition) is 3. The second-order valence-electron chi connectivity index (χ2n) is 5.90. The van der Waals surface area contributed by atoms with Crippen molar-refractivity contribution in [2.45, 2.75) is 33.2 Å². The molecule has 0 aromatic heterocycles. The number of carbonyl (C=O) groups is 1. The molecule has 4 N–H and O–H groups in total. The van der Waals surface area contributed by atoms with Gasteiger partial charge in [0.1, 0.15) is 11.6 Å². The summed E-state index contributed by atoms with van der Waals surface area (Å²) in [6, 6.07) is 3.25. The molecule has 0 spiro atoms. The first-order chi connectivity index (χ1) is 8.69. The highest BCUT2D eigenvalue weighted by molar-refractivity contribution is 5.94. The first-order valence-electron chi connectivity index (χ1n) is 6.21. The Balaban J connectivity index is 2.56. The summed E-state index contributed by atoms with van der Waals surface area (Å²) >= 11 is 0. The summed E-state index contributed by atoms with van der Waals surface area (Å²) in [7, 11) is 0. The number of rotatable bonds is 4. The summed E-state index contributed by atoms with van der Waals surface area (Å²) in [5.74, 6) is -1.48. The van der Waals surface area contributed by atoms with Crippen LogP contribution >= 0.6 is 0 Å². The van der Waals surface area contributed by atoms with Crippen LogP contribution in [0, 0.1) is 11.2 Å². The van der Waals surface area contributed by atoms with Crippen molar-refractivity contribution in [2.75, 3.05) is 6.54 Å². The van der Waals surface area contributed by atoms with Gasteiger partial charge in [-0.3, -0.25) is 4.79 Å². The number of carbonyl (C=O) groups excluding carboxylic acids is 1. The Labute approximate surface area is 112 Å². The molecule has 19 heavy (non-hydrogen) atoms. The van der Waals surface area contributed by atoms with Crippen LogP contribution in [0.3, 0.4) is 0 Å². The maximum Gasteiger partial charge on any atom is 0.254 e. The van der Waals surface area contributed by atoms with Gasteiger partial charge in [0.25, 0.3) is 5.91 Å². The van der Waals surface area contributed by atoms with Crippen molar-refractivity contribution in [1.82, 2.24) is 5.32 Å². The molecule has 0 saturated carbocycles. The van der Waals surface area contributed by atoms with Crippen molar-refractivity contribution in [3.8, 4) is 5.75 Å². The summed E-state index contributed by atoms with van der Waals surface area (Å²) in [6.45, 7) is 6.48. The van der Waals surface area contributed by atoms with Crippen molar-refractivity contribution < 1.29 is 14.3 Å². The van der Waals surface area contributed by atoms with Gasteiger partial charge < -0.3 is 16.2 Å². The lowest BCUT2D eigenvalue weighted by molar-refractivity contribution is 0.0944. The third-order valence-electron chi connectivity index (χ3n) is 2.60. The number of phenols is 1. The average Bonchev–Trinajstić information content (AvgIpc) is 2.23. The smallest absolute Gasteiger partial charge is 0.254 e. The van der Waals surface area contributed by atoms with E-state index in [4.69, 9.17) is 10.8 Å². The van der Waals surface area contributed by atoms with E-state index in [2.05, 4.69) is 26.1 Å². The van der Waals surface area contributed by atoms with Crippen molar-refractivity contribution in [3.63, 3.8) is 0 Å². The SMILES string of the molecule is CC(C)(C)CC(N)CNC(=O)c1ccc(O)cc1F. The van der Waals surface area contributed by atoms with Gasteiger partial charge in [0, 0.05) is 18.7 Å². The van der Waals surface area contributed by atoms with Gasteiger partial charge in [-0.1, -0.05) is 20.8 Å². The predicted molar refractivity (Wildman–Crippen MR) is 72.4 cm³/mol. The summed E-state index contributed by atoms with van der Waals surface area (Å²) in [4.78, 5) is 11.8. The molecule has 0 aliphatic carbocycles. The maximum atomic E-state index is 13.4. The Kier molecular flexibility index (Phi) is 4.89. The number of nitrogens with one attached hydrogen (secondary N) is 1. The molecule has 4 nitrogen and oxygen atoms in total. The molecular formula is C14H21FN2O2. The van der Waals surface area contributed by atoms with E-state index in [1.54, 1.807) is 0 Å². The molecular weight excluding hydrogens is 247 g/mol. The number of benzene rings is 1. The summed E-state index contributed by atoms with van der Waals surface area (Å²) in [6.07, 6.45) is 0.755. The van der Waals surface area contributed by atoms with Crippen LogP contribution in [-0.4, -0.2) is 23.6 Å². The fourth-order valence-electron chi connectivity index (χ4n) is 1.87. The molecule has 0 bridgehead atoms. The Bertz CT molecular complexity index is 455. The molecule has 0 radical (unpaired) electrons. The van der Waals surface area contributed by atoms with E-state index >= 15 is 0 Å². The minimum absolute atomic E-state index is 0.0773. The molecule has 0 saturated heterocycles. The fourth-order valence-corrected chi connectivity index (χ4v) is 1.87. The lowest BCUT2D eigenvalue weighted by Crippen LogP contribution is -2.39. The predicted octanol–water partition coefficient (Wildman–Crippen LogP) is 2.02. The molecule has 1 atom stereocenters. The molecule has 0 aliphatic heterocycles. The Morgan fingerprint density at radius 3 is 2.63 bits per heavy atom. The quantitative estimate of drug-likeness (QED) is 0.782. The van der Waals surface area contributed by atoms with E-state index in [1.165, 1.54) is 12.1 Å². The second kappa shape index (κ2) is 6.02. The van der Waals surface area contributed by atoms with Crippen LogP contribution in [0.2, 0.25) is 0 Å². The van der Waals surface area contributed by atoms with Gasteiger partial charge in [0.05, 0.1) is 5.56 Å². The van der Waals surface area contributed by atoms with Crippen LogP contribution in [0.4, 0.5) is 4.39 Å². The first kappa shape index (κ1) is 15.4. The zero-order valence-electron chi connectivity index (χ0n) is 11.5. The zero-order valence-corrected chi connectivity index (χ0v) is 11.5. The molecule has 106 valence electrons. The third kappa shape index (κ3) is 5.26. The number of hydrogen-bond acceptors (Lipinski definition) is 3. The summed E-state index contributed by atoms with van der Waals surface area (Å²) < 4.78 is 13.4. The monoisotopic (exact) mass is 268 g/mol. The number of amides is 1. The molecule has 0 fully saturated rings. The van der Waals surface area contributed by atoms with E-state index in [1.807, 2.05) is 0 Å². The van der Waals surface area contributed by atoms with E-state index in [9.17, 15) is 9.18 Å². The van der Waals surface area contributed by atoms with Crippen LogP contribution in [0.1, 0.15) is 37.6 Å². The largest absolute Gasteiger partial charge is 0.508 e. The van der Waals surface area contributed by atoms with E-state index < -0.39 is 11.7 Å². The highest BCUT2D eigenvalue weighted by Crippen LogP contribution is 2.19. The molecule has 1 aromatic rings. The molecule has 5 heteroatoms. The summed E-state index contributed by atoms with van der Waals surface area (Å²) in [5.41, 5.74) is 5.88. The van der Waals surface area contributed by atoms with Gasteiger partial charge >= 0.3 is 0 Å². The first-order valence-corrected chi connectivity index (χ1v) is 6.21. The van der Waals surface area contributed by atoms with Crippen molar-refractivity contribution in [2.24, 2.45) is 11.1 Å². The highest BCUT2D eigenvalue weighted by Gasteiger charge is 2.17. The summed E-state index contributed by atoms with van der Waals surface area (Å²) in [5, 5.41) is 11.7. The lowest BCUT2D eigenvalue weighted by Gasteiger charge is -2.23. The van der Waals surface area contributed by atoms with Crippen molar-refractivity contribution in [1.29, 1.82) is 0 Å². The minimum Gasteiger partial charge on any atom is -0.508 e. The minimum atomic E-state index is -0.748. The highest BCUT2D eigenvalue weighted by atomic mass is 19.1. The Morgan fingerprint density at radius 2 is 2.11 bits per heavy atom. The fraction of sp³-hybridized carbons (Fsp3) is 0.500. The van der Waals surface area contributed by atoms with E-state index in [0.717, 1.165) is 12.5 Å². The van der Waals surface area contributed by atoms with Crippen molar-refractivity contribution in [3.05, 3.63) is 29.6 Å². The van der Waals surface area contributed by atoms with Crippen LogP contribution in [0.25, 0.3) is 0 Å². The molecule has 1 aromatic carbocycles. The number of halogens is 1. The topological polar surface area (TPSA) is 75.3 Å². The average molecular weight is 268 g/mol. The third-order valence-corrected chi connectivity index (χ3v) is 2.60. The number of aromatic hydroxyl groups is 1. The van der Waals surface area contributed by atoms with Gasteiger partial charge in [-0.05, 0) is 24.0 Å². The van der Waals surface area contributed by atoms with Crippen LogP contribution < -0.4 is 11.1 Å². The molecule has 0 heterocycles. The standard InChI is InChI=1S/C14H21FN2O2/c1-14(2,3)7-9(16)8-17-13(19)11-5-4-10(18)6-12(11)15/h4-6,9,18H,7-8,16H2,1-3H3,(H,17,19). The lowest BCUT2D eigenvalue weighted by atomic mass is 9.88. The molecule has 1 unspecified atom stereocenters.